The van der Waals surface area contributed by atoms with Gasteiger partial charge in [0.25, 0.3) is 0 Å². The van der Waals surface area contributed by atoms with Gasteiger partial charge < -0.3 is 35.0 Å². The van der Waals surface area contributed by atoms with Crippen molar-refractivity contribution in [2.75, 3.05) is 20.8 Å². The number of aromatic hydroxyl groups is 3. The molecule has 0 radical (unpaired) electrons. The molecule has 0 fully saturated rings. The lowest BCUT2D eigenvalue weighted by atomic mass is 9.71. The maximum absolute atomic E-state index is 13.7. The third-order valence-electron chi connectivity index (χ3n) is 6.38. The van der Waals surface area contributed by atoms with Crippen LogP contribution < -0.4 is 9.47 Å². The smallest absolute Gasteiger partial charge is 0.160 e. The Morgan fingerprint density at radius 3 is 2.08 bits per heavy atom. The number of carbonyl (C=O) groups excluding carboxylic acids is 1. The van der Waals surface area contributed by atoms with Gasteiger partial charge in [-0.2, -0.15) is 0 Å². The fraction of sp³-hybridized carbons (Fsp3) is 0.321. The van der Waals surface area contributed by atoms with Gasteiger partial charge in [0.1, 0.15) is 11.5 Å². The minimum atomic E-state index is -1.44. The van der Waals surface area contributed by atoms with Crippen LogP contribution in [0.1, 0.15) is 29.5 Å². The largest absolute Gasteiger partial charge is 0.508 e. The average Bonchev–Trinajstić information content (AvgIpc) is 2.87. The van der Waals surface area contributed by atoms with Crippen LogP contribution in [0.5, 0.6) is 28.7 Å². The number of ketones is 1. The monoisotopic (exact) mass is 496 g/mol. The van der Waals surface area contributed by atoms with Crippen molar-refractivity contribution >= 4 is 5.78 Å². The summed E-state index contributed by atoms with van der Waals surface area (Å²) in [6.45, 7) is -0.555. The number of aliphatic hydroxyl groups is 2. The predicted molar refractivity (Wildman–Crippen MR) is 134 cm³/mol. The Labute approximate surface area is 210 Å². The number of hydrogen-bond acceptors (Lipinski definition) is 8. The molecular formula is C28H32O8. The van der Waals surface area contributed by atoms with Crippen LogP contribution >= 0.6 is 0 Å². The molecule has 3 aromatic carbocycles. The first-order chi connectivity index (χ1) is 17.2. The first-order valence-corrected chi connectivity index (χ1v) is 11.6. The zero-order chi connectivity index (χ0) is 26.3. The van der Waals surface area contributed by atoms with Gasteiger partial charge in [-0.25, -0.2) is 0 Å². The fourth-order valence-electron chi connectivity index (χ4n) is 4.30. The molecule has 0 spiro atoms. The number of carbonyl (C=O) groups is 1. The van der Waals surface area contributed by atoms with Crippen molar-refractivity contribution in [2.24, 2.45) is 0 Å². The van der Waals surface area contributed by atoms with Gasteiger partial charge in [0.2, 0.25) is 0 Å². The maximum atomic E-state index is 13.7. The highest BCUT2D eigenvalue weighted by molar-refractivity contribution is 5.91. The molecule has 0 unspecified atom stereocenters. The van der Waals surface area contributed by atoms with Gasteiger partial charge in [-0.3, -0.25) is 4.79 Å². The highest BCUT2D eigenvalue weighted by Crippen LogP contribution is 2.36. The molecule has 0 aliphatic carbocycles. The summed E-state index contributed by atoms with van der Waals surface area (Å²) in [6.07, 6.45) is -0.438. The first-order valence-electron chi connectivity index (χ1n) is 11.6. The SMILES string of the molecule is COc1cc(CC[C@H](O)CC(=O)[C@](CO)(Cc2ccc(O)c(OC)c2)c2cccc(O)c2)ccc1O. The molecule has 0 heterocycles. The summed E-state index contributed by atoms with van der Waals surface area (Å²) in [7, 11) is 2.87. The minimum Gasteiger partial charge on any atom is -0.508 e. The van der Waals surface area contributed by atoms with E-state index < -0.39 is 23.9 Å². The van der Waals surface area contributed by atoms with Crippen molar-refractivity contribution in [3.63, 3.8) is 0 Å². The third kappa shape index (κ3) is 6.08. The van der Waals surface area contributed by atoms with Crippen molar-refractivity contribution in [1.29, 1.82) is 0 Å². The van der Waals surface area contributed by atoms with Gasteiger partial charge in [0.15, 0.2) is 23.0 Å². The van der Waals surface area contributed by atoms with Gasteiger partial charge in [-0.1, -0.05) is 24.3 Å². The van der Waals surface area contributed by atoms with E-state index in [9.17, 15) is 30.3 Å². The van der Waals surface area contributed by atoms with Crippen LogP contribution in [0.3, 0.4) is 0 Å². The van der Waals surface area contributed by atoms with Crippen molar-refractivity contribution in [3.8, 4) is 28.7 Å². The molecule has 3 rings (SSSR count). The Balaban J connectivity index is 1.85. The van der Waals surface area contributed by atoms with Gasteiger partial charge in [-0.15, -0.1) is 0 Å². The van der Waals surface area contributed by atoms with Crippen LogP contribution in [-0.2, 0) is 23.1 Å². The number of aliphatic hydroxyl groups excluding tert-OH is 2. The van der Waals surface area contributed by atoms with E-state index >= 15 is 0 Å². The lowest BCUT2D eigenvalue weighted by molar-refractivity contribution is -0.128. The van der Waals surface area contributed by atoms with E-state index in [2.05, 4.69) is 0 Å². The molecule has 3 aromatic rings. The summed E-state index contributed by atoms with van der Waals surface area (Å²) in [5.41, 5.74) is 0.427. The lowest BCUT2D eigenvalue weighted by Crippen LogP contribution is -2.43. The van der Waals surface area contributed by atoms with Crippen LogP contribution in [0.15, 0.2) is 60.7 Å². The Morgan fingerprint density at radius 1 is 0.889 bits per heavy atom. The Hall–Kier alpha value is -3.75. The van der Waals surface area contributed by atoms with Crippen LogP contribution in [0, 0.1) is 0 Å². The molecule has 0 saturated heterocycles. The summed E-state index contributed by atoms with van der Waals surface area (Å²) in [5.74, 6) is 0.0711. The molecular weight excluding hydrogens is 464 g/mol. The van der Waals surface area contributed by atoms with E-state index in [1.165, 1.54) is 38.5 Å². The van der Waals surface area contributed by atoms with Crippen LogP contribution in [-0.4, -0.2) is 58.2 Å². The number of benzene rings is 3. The highest BCUT2D eigenvalue weighted by Gasteiger charge is 2.40. The molecule has 0 aliphatic rings. The number of aryl methyl sites for hydroxylation is 1. The zero-order valence-electron chi connectivity index (χ0n) is 20.3. The Bertz CT molecular complexity index is 1190. The quantitative estimate of drug-likeness (QED) is 0.258. The average molecular weight is 497 g/mol. The van der Waals surface area contributed by atoms with Crippen molar-refractivity contribution in [3.05, 3.63) is 77.4 Å². The number of rotatable bonds is 12. The summed E-state index contributed by atoms with van der Waals surface area (Å²) >= 11 is 0. The minimum absolute atomic E-state index is 0.0154. The second-order valence-corrected chi connectivity index (χ2v) is 8.80. The van der Waals surface area contributed by atoms with Crippen LogP contribution in [0.25, 0.3) is 0 Å². The number of methoxy groups -OCH3 is 2. The maximum Gasteiger partial charge on any atom is 0.160 e. The molecule has 8 heteroatoms. The summed E-state index contributed by atoms with van der Waals surface area (Å²) in [6, 6.07) is 15.7. The standard InChI is InChI=1S/C28H32O8/c1-35-25-12-18(7-10-23(25)32)6-9-22(31)15-27(34)28(17-29,20-4-3-5-21(30)14-20)16-19-8-11-24(33)26(13-19)36-2/h3-5,7-8,10-14,22,29-33H,6,9,15-17H2,1-2H3/t22-,28-/m0/s1. The Kier molecular flexibility index (Phi) is 8.79. The van der Waals surface area contributed by atoms with Crippen LogP contribution in [0.2, 0.25) is 0 Å². The van der Waals surface area contributed by atoms with Gasteiger partial charge in [-0.05, 0) is 72.4 Å². The van der Waals surface area contributed by atoms with Gasteiger partial charge >= 0.3 is 0 Å². The van der Waals surface area contributed by atoms with Gasteiger partial charge in [0.05, 0.1) is 32.3 Å². The normalized spacial score (nSPS) is 13.6. The molecule has 8 nitrogen and oxygen atoms in total. The number of phenols is 3. The van der Waals surface area contributed by atoms with E-state index in [0.717, 1.165) is 5.56 Å². The van der Waals surface area contributed by atoms with E-state index in [1.54, 1.807) is 36.4 Å². The molecule has 0 saturated carbocycles. The summed E-state index contributed by atoms with van der Waals surface area (Å²) in [4.78, 5) is 13.7. The fourth-order valence-corrected chi connectivity index (χ4v) is 4.30. The molecule has 192 valence electrons. The Morgan fingerprint density at radius 2 is 1.50 bits per heavy atom. The third-order valence-corrected chi connectivity index (χ3v) is 6.38. The lowest BCUT2D eigenvalue weighted by Gasteiger charge is -2.32. The first kappa shape index (κ1) is 26.8. The number of hydrogen-bond donors (Lipinski definition) is 5. The summed E-state index contributed by atoms with van der Waals surface area (Å²) in [5, 5.41) is 51.0. The summed E-state index contributed by atoms with van der Waals surface area (Å²) < 4.78 is 10.3. The van der Waals surface area contributed by atoms with E-state index in [0.29, 0.717) is 23.3 Å². The zero-order valence-corrected chi connectivity index (χ0v) is 20.3. The molecule has 0 amide bonds. The van der Waals surface area contributed by atoms with Crippen molar-refractivity contribution < 1.29 is 39.8 Å². The number of ether oxygens (including phenoxy) is 2. The van der Waals surface area contributed by atoms with Crippen molar-refractivity contribution in [2.45, 2.75) is 37.2 Å². The second kappa shape index (κ2) is 11.8. The second-order valence-electron chi connectivity index (χ2n) is 8.80. The molecule has 36 heavy (non-hydrogen) atoms. The molecule has 0 aromatic heterocycles. The molecule has 0 bridgehead atoms. The predicted octanol–water partition coefficient (Wildman–Crippen LogP) is 3.25. The topological polar surface area (TPSA) is 137 Å². The number of phenolic OH excluding ortho intramolecular Hbond substituents is 3. The van der Waals surface area contributed by atoms with E-state index in [-0.39, 0.29) is 42.3 Å². The van der Waals surface area contributed by atoms with Crippen molar-refractivity contribution in [1.82, 2.24) is 0 Å². The van der Waals surface area contributed by atoms with Gasteiger partial charge in [0, 0.05) is 6.42 Å². The number of Topliss-reactive ketones (excluding diaryl/α,β-unsaturated/α-hetero) is 1. The van der Waals surface area contributed by atoms with E-state index in [1.807, 2.05) is 0 Å². The molecule has 0 aliphatic heterocycles. The highest BCUT2D eigenvalue weighted by atomic mass is 16.5. The molecule has 5 N–H and O–H groups in total. The van der Waals surface area contributed by atoms with E-state index in [4.69, 9.17) is 9.47 Å². The van der Waals surface area contributed by atoms with Crippen LogP contribution in [0.4, 0.5) is 0 Å². The molecule has 2 atom stereocenters.